The number of oxime groups is 1. The van der Waals surface area contributed by atoms with E-state index in [1.807, 2.05) is 43.3 Å². The molecular weight excluding hydrogens is 950 g/mol. The third kappa shape index (κ3) is 12.2. The first-order chi connectivity index (χ1) is 35.9. The Morgan fingerprint density at radius 2 is 1.59 bits per heavy atom. The number of carbonyl (C=O) groups excluding carboxylic acids is 1. The number of fused-ring (bicyclic) bond motifs is 2. The van der Waals surface area contributed by atoms with Crippen LogP contribution in [0.5, 0.6) is 11.5 Å². The van der Waals surface area contributed by atoms with Gasteiger partial charge in [-0.05, 0) is 140 Å². The fraction of sp³-hybridized carbons (Fsp3) is 0.351. The normalized spacial score (nSPS) is 21.2. The SMILES string of the molecule is C=CCOC12Oc3ccc(OCc4cccc(C)n4)cc3C3C(CCCCO)C(CCCCO)C=C(C(=NOCc4ccc([N+](=O)[O-])cc4)CC1N(Cc1ccc(F)cc1)C(=O)C=Cc1ccc([N+](=O)[O-])cc1)C32. The van der Waals surface area contributed by atoms with Crippen molar-refractivity contribution < 1.29 is 48.3 Å². The van der Waals surface area contributed by atoms with Gasteiger partial charge in [-0.25, -0.2) is 4.39 Å². The quantitative estimate of drug-likeness (QED) is 0.0194. The molecule has 3 aliphatic rings. The second-order valence-electron chi connectivity index (χ2n) is 18.8. The molecule has 1 aliphatic heterocycles. The van der Waals surface area contributed by atoms with Crippen LogP contribution in [-0.4, -0.2) is 73.2 Å². The number of unbranched alkanes of at least 4 members (excludes halogenated alkanes) is 2. The lowest BCUT2D eigenvalue weighted by molar-refractivity contribution is -0.385. The van der Waals surface area contributed by atoms with Crippen LogP contribution in [0.2, 0.25) is 0 Å². The van der Waals surface area contributed by atoms with E-state index in [4.69, 9.17) is 24.2 Å². The summed E-state index contributed by atoms with van der Waals surface area (Å²) in [6.45, 7) is 6.10. The maximum absolute atomic E-state index is 15.2. The van der Waals surface area contributed by atoms with Gasteiger partial charge in [0.05, 0.1) is 33.8 Å². The number of aliphatic hydroxyl groups is 2. The van der Waals surface area contributed by atoms with E-state index in [1.54, 1.807) is 53.5 Å². The van der Waals surface area contributed by atoms with Crippen molar-refractivity contribution in [2.75, 3.05) is 19.8 Å². The van der Waals surface area contributed by atoms with E-state index in [9.17, 15) is 34.8 Å². The third-order valence-electron chi connectivity index (χ3n) is 14.0. The molecule has 16 nitrogen and oxygen atoms in total. The van der Waals surface area contributed by atoms with Crippen LogP contribution < -0.4 is 9.47 Å². The summed E-state index contributed by atoms with van der Waals surface area (Å²) in [7, 11) is 0. The number of nitro benzene ring substituents is 2. The van der Waals surface area contributed by atoms with Gasteiger partial charge in [0, 0.05) is 73.7 Å². The molecule has 0 saturated heterocycles. The van der Waals surface area contributed by atoms with Crippen molar-refractivity contribution in [2.24, 2.45) is 22.9 Å². The van der Waals surface area contributed by atoms with Crippen LogP contribution in [0.15, 0.2) is 145 Å². The largest absolute Gasteiger partial charge is 0.487 e. The molecule has 1 saturated carbocycles. The number of amides is 1. The van der Waals surface area contributed by atoms with Crippen molar-refractivity contribution in [3.8, 4) is 11.5 Å². The Morgan fingerprint density at radius 1 is 0.905 bits per heavy atom. The van der Waals surface area contributed by atoms with Crippen LogP contribution in [-0.2, 0) is 34.1 Å². The molecule has 2 aliphatic carbocycles. The van der Waals surface area contributed by atoms with Crippen molar-refractivity contribution >= 4 is 29.1 Å². The molecule has 5 aromatic rings. The van der Waals surface area contributed by atoms with E-state index in [-0.39, 0.29) is 75.1 Å². The molecule has 1 fully saturated rings. The number of aryl methyl sites for hydroxylation is 1. The standard InChI is InChI=1S/C57H60FN5O11/c1-3-31-72-57-53(61(35-40-13-20-43(58)21-14-40)54(66)28-19-39-15-22-45(23-16-39)62(67)68)34-51(60-73-36-41-17-24-46(25-18-41)63(69)70)49-32-42(10-4-6-29-64)48(12-5-7-30-65)55(56(49)57)50-33-47(26-27-52(50)74-57)71-37-44-11-8-9-38(2)59-44/h3,8-9,11,13-28,32-33,42,48,53,55-56,64-65H,1,4-7,10,12,29-31,34-37H2,2H3. The topological polar surface area (TPSA) is 209 Å². The highest BCUT2D eigenvalue weighted by atomic mass is 19.1. The third-order valence-corrected chi connectivity index (χ3v) is 14.0. The number of carbonyl (C=O) groups is 1. The van der Waals surface area contributed by atoms with Crippen LogP contribution in [0.1, 0.15) is 84.5 Å². The Kier molecular flexibility index (Phi) is 17.4. The Morgan fingerprint density at radius 3 is 2.27 bits per heavy atom. The molecule has 0 spiro atoms. The summed E-state index contributed by atoms with van der Waals surface area (Å²) in [5, 5.41) is 47.9. The van der Waals surface area contributed by atoms with Gasteiger partial charge >= 0.3 is 0 Å². The summed E-state index contributed by atoms with van der Waals surface area (Å²) < 4.78 is 35.5. The lowest BCUT2D eigenvalue weighted by atomic mass is 9.55. The minimum Gasteiger partial charge on any atom is -0.487 e. The number of ether oxygens (including phenoxy) is 3. The molecule has 6 atom stereocenters. The molecule has 1 aromatic heterocycles. The highest BCUT2D eigenvalue weighted by molar-refractivity contribution is 6.03. The first-order valence-electron chi connectivity index (χ1n) is 24.9. The molecule has 0 radical (unpaired) electrons. The molecule has 1 amide bonds. The first-order valence-corrected chi connectivity index (χ1v) is 24.9. The van der Waals surface area contributed by atoms with Crippen LogP contribution in [0.3, 0.4) is 0 Å². The number of nitrogens with zero attached hydrogens (tertiary/aromatic N) is 5. The van der Waals surface area contributed by atoms with Crippen molar-refractivity contribution in [3.63, 3.8) is 0 Å². The molecule has 2 heterocycles. The zero-order valence-electron chi connectivity index (χ0n) is 41.2. The van der Waals surface area contributed by atoms with E-state index in [1.165, 1.54) is 42.5 Å². The Balaban J connectivity index is 1.32. The van der Waals surface area contributed by atoms with Gasteiger partial charge in [-0.2, -0.15) is 0 Å². The number of nitro groups is 2. The fourth-order valence-electron chi connectivity index (χ4n) is 10.6. The van der Waals surface area contributed by atoms with Crippen LogP contribution >= 0.6 is 0 Å². The maximum Gasteiger partial charge on any atom is 0.269 e. The number of benzene rings is 4. The first kappa shape index (κ1) is 52.7. The summed E-state index contributed by atoms with van der Waals surface area (Å²) in [6, 6.07) is 28.1. The molecule has 2 N–H and O–H groups in total. The number of pyridine rings is 1. The van der Waals surface area contributed by atoms with Crippen molar-refractivity contribution in [2.45, 2.75) is 89.4 Å². The Bertz CT molecular complexity index is 2880. The van der Waals surface area contributed by atoms with E-state index in [0.29, 0.717) is 66.0 Å². The summed E-state index contributed by atoms with van der Waals surface area (Å²) in [5.41, 5.74) is 5.32. The van der Waals surface area contributed by atoms with Gasteiger partial charge in [-0.15, -0.1) is 6.58 Å². The zero-order chi connectivity index (χ0) is 52.2. The maximum atomic E-state index is 15.2. The molecule has 8 rings (SSSR count). The number of hydrogen-bond donors (Lipinski definition) is 2. The number of rotatable bonds is 24. The lowest BCUT2D eigenvalue weighted by Gasteiger charge is -2.60. The second kappa shape index (κ2) is 24.4. The number of aromatic nitrogens is 1. The van der Waals surface area contributed by atoms with Crippen LogP contribution in [0.4, 0.5) is 15.8 Å². The Labute approximate surface area is 428 Å². The van der Waals surface area contributed by atoms with Crippen LogP contribution in [0.25, 0.3) is 6.08 Å². The van der Waals surface area contributed by atoms with Gasteiger partial charge in [0.15, 0.2) is 0 Å². The van der Waals surface area contributed by atoms with Crippen molar-refractivity contribution in [3.05, 3.63) is 199 Å². The second-order valence-corrected chi connectivity index (χ2v) is 18.8. The molecule has 74 heavy (non-hydrogen) atoms. The molecule has 17 heteroatoms. The minimum atomic E-state index is -1.65. The van der Waals surface area contributed by atoms with Crippen molar-refractivity contribution in [1.82, 2.24) is 9.88 Å². The van der Waals surface area contributed by atoms with E-state index in [2.05, 4.69) is 17.6 Å². The van der Waals surface area contributed by atoms with E-state index < -0.39 is 39.3 Å². The van der Waals surface area contributed by atoms with E-state index >= 15 is 4.79 Å². The molecule has 6 unspecified atom stereocenters. The summed E-state index contributed by atoms with van der Waals surface area (Å²) in [6.07, 6.45) is 10.8. The number of non-ortho nitro benzene ring substituents is 2. The number of aliphatic hydroxyl groups excluding tert-OH is 2. The number of hydrogen-bond acceptors (Lipinski definition) is 13. The molecule has 386 valence electrons. The van der Waals surface area contributed by atoms with Gasteiger partial charge in [0.1, 0.15) is 36.6 Å². The van der Waals surface area contributed by atoms with Crippen molar-refractivity contribution in [1.29, 1.82) is 0 Å². The number of allylic oxidation sites excluding steroid dienone is 1. The minimum absolute atomic E-state index is 0.00244. The molecule has 0 bridgehead atoms. The van der Waals surface area contributed by atoms with Gasteiger partial charge in [-0.1, -0.05) is 48.3 Å². The van der Waals surface area contributed by atoms with E-state index in [0.717, 1.165) is 28.9 Å². The highest BCUT2D eigenvalue weighted by Gasteiger charge is 2.65. The molecule has 4 aromatic carbocycles. The van der Waals surface area contributed by atoms with Gasteiger partial charge in [0.2, 0.25) is 11.7 Å². The van der Waals surface area contributed by atoms with Gasteiger partial charge in [0.25, 0.3) is 11.4 Å². The highest BCUT2D eigenvalue weighted by Crippen LogP contribution is 2.62. The summed E-state index contributed by atoms with van der Waals surface area (Å²) in [5.74, 6) is -2.73. The zero-order valence-corrected chi connectivity index (χ0v) is 41.2. The average molecular weight is 1010 g/mol. The lowest BCUT2D eigenvalue weighted by Crippen LogP contribution is -2.70. The predicted molar refractivity (Wildman–Crippen MR) is 275 cm³/mol. The Hall–Kier alpha value is -7.60. The van der Waals surface area contributed by atoms with Gasteiger partial charge < -0.3 is 34.2 Å². The smallest absolute Gasteiger partial charge is 0.269 e. The average Bonchev–Trinajstić information content (AvgIpc) is 3.44. The number of halogens is 1. The molecular formula is C57H60FN5O11. The summed E-state index contributed by atoms with van der Waals surface area (Å²) in [4.78, 5) is 49.7. The fourth-order valence-corrected chi connectivity index (χ4v) is 10.6. The van der Waals surface area contributed by atoms with Gasteiger partial charge in [-0.3, -0.25) is 30.0 Å². The van der Waals surface area contributed by atoms with Crippen LogP contribution in [0, 0.1) is 50.7 Å². The predicted octanol–water partition coefficient (Wildman–Crippen LogP) is 10.5. The summed E-state index contributed by atoms with van der Waals surface area (Å²) >= 11 is 0. The monoisotopic (exact) mass is 1010 g/mol.